The molecule has 0 saturated heterocycles. The van der Waals surface area contributed by atoms with Gasteiger partial charge in [0, 0.05) is 22.4 Å². The first-order valence-electron chi connectivity index (χ1n) is 7.16. The number of aromatic nitrogens is 1. The molecule has 0 bridgehead atoms. The normalized spacial score (nSPS) is 28.6. The summed E-state index contributed by atoms with van der Waals surface area (Å²) in [7, 11) is 2.10. The summed E-state index contributed by atoms with van der Waals surface area (Å²) in [5.41, 5.74) is 1.58. The van der Waals surface area contributed by atoms with Crippen LogP contribution in [0.1, 0.15) is 45.7 Å². The zero-order valence-electron chi connectivity index (χ0n) is 12.7. The number of nitrogens with one attached hydrogen (secondary N) is 1. The van der Waals surface area contributed by atoms with Gasteiger partial charge >= 0.3 is 0 Å². The summed E-state index contributed by atoms with van der Waals surface area (Å²) < 4.78 is 1.23. The average Bonchev–Trinajstić information content (AvgIpc) is 2.73. The van der Waals surface area contributed by atoms with Gasteiger partial charge in [-0.1, -0.05) is 32.5 Å². The van der Waals surface area contributed by atoms with Crippen LogP contribution >= 0.6 is 23.1 Å². The molecule has 0 spiro atoms. The van der Waals surface area contributed by atoms with Crippen LogP contribution in [0.4, 0.5) is 0 Å². The van der Waals surface area contributed by atoms with Gasteiger partial charge in [-0.05, 0) is 44.6 Å². The molecule has 1 N–H and O–H groups in total. The fourth-order valence-corrected chi connectivity index (χ4v) is 5.37. The third kappa shape index (κ3) is 3.96. The maximum Gasteiger partial charge on any atom is 0.150 e. The average molecular weight is 299 g/mol. The molecule has 1 fully saturated rings. The monoisotopic (exact) mass is 298 g/mol. The number of hydrogen-bond donors (Lipinski definition) is 1. The molecule has 1 heterocycles. The highest BCUT2D eigenvalue weighted by Crippen LogP contribution is 2.43. The third-order valence-corrected chi connectivity index (χ3v) is 6.68. The minimum Gasteiger partial charge on any atom is -0.316 e. The first-order chi connectivity index (χ1) is 8.90. The van der Waals surface area contributed by atoms with Crippen LogP contribution in [0.3, 0.4) is 0 Å². The van der Waals surface area contributed by atoms with Gasteiger partial charge in [-0.25, -0.2) is 4.98 Å². The smallest absolute Gasteiger partial charge is 0.150 e. The lowest BCUT2D eigenvalue weighted by Gasteiger charge is -2.41. The van der Waals surface area contributed by atoms with Crippen LogP contribution < -0.4 is 5.32 Å². The molecule has 2 rings (SSSR count). The molecule has 1 aromatic rings. The van der Waals surface area contributed by atoms with Gasteiger partial charge in [0.2, 0.25) is 0 Å². The lowest BCUT2D eigenvalue weighted by atomic mass is 9.71. The topological polar surface area (TPSA) is 24.9 Å². The summed E-state index contributed by atoms with van der Waals surface area (Å²) in [6.45, 7) is 9.22. The van der Waals surface area contributed by atoms with Gasteiger partial charge in [-0.3, -0.25) is 0 Å². The Labute approximate surface area is 125 Å². The lowest BCUT2D eigenvalue weighted by molar-refractivity contribution is 0.167. The Balaban J connectivity index is 2.05. The largest absolute Gasteiger partial charge is 0.316 e. The van der Waals surface area contributed by atoms with Gasteiger partial charge in [0.1, 0.15) is 4.34 Å². The molecule has 1 saturated carbocycles. The molecule has 19 heavy (non-hydrogen) atoms. The second kappa shape index (κ2) is 6.15. The van der Waals surface area contributed by atoms with Crippen LogP contribution in [0.15, 0.2) is 9.72 Å². The number of aryl methyl sites for hydroxylation is 1. The van der Waals surface area contributed by atoms with E-state index in [1.54, 1.807) is 11.3 Å². The minimum absolute atomic E-state index is 0.427. The van der Waals surface area contributed by atoms with Crippen molar-refractivity contribution in [1.82, 2.24) is 10.3 Å². The van der Waals surface area contributed by atoms with Crippen LogP contribution in [-0.4, -0.2) is 23.3 Å². The zero-order chi connectivity index (χ0) is 14.0. The second-order valence-electron chi connectivity index (χ2n) is 6.68. The highest BCUT2D eigenvalue weighted by Gasteiger charge is 2.36. The molecule has 1 aliphatic carbocycles. The van der Waals surface area contributed by atoms with E-state index in [1.807, 2.05) is 11.8 Å². The Bertz CT molecular complexity index is 409. The number of thioether (sulfide) groups is 1. The predicted molar refractivity (Wildman–Crippen MR) is 86.1 cm³/mol. The standard InChI is InChI=1S/C15H26N2S2/c1-10-9-18-14(17-10)19-13-8-11(15(2,3)4)6-7-12(13)16-5/h9,11-13,16H,6-8H2,1-5H3. The third-order valence-electron chi connectivity index (χ3n) is 4.24. The Hall–Kier alpha value is -0.0600. The Kier molecular flexibility index (Phi) is 4.96. The molecule has 0 radical (unpaired) electrons. The molecule has 4 heteroatoms. The molecule has 2 nitrogen and oxygen atoms in total. The maximum atomic E-state index is 4.61. The van der Waals surface area contributed by atoms with Crippen molar-refractivity contribution in [3.05, 3.63) is 11.1 Å². The molecule has 108 valence electrons. The van der Waals surface area contributed by atoms with E-state index in [0.29, 0.717) is 16.7 Å². The summed E-state index contributed by atoms with van der Waals surface area (Å²) in [6.07, 6.45) is 3.95. The van der Waals surface area contributed by atoms with E-state index in [4.69, 9.17) is 0 Å². The number of hydrogen-bond acceptors (Lipinski definition) is 4. The van der Waals surface area contributed by atoms with Crippen LogP contribution in [0.2, 0.25) is 0 Å². The first-order valence-corrected chi connectivity index (χ1v) is 8.92. The van der Waals surface area contributed by atoms with E-state index < -0.39 is 0 Å². The van der Waals surface area contributed by atoms with Crippen molar-refractivity contribution in [2.24, 2.45) is 11.3 Å². The lowest BCUT2D eigenvalue weighted by Crippen LogP contribution is -2.43. The minimum atomic E-state index is 0.427. The van der Waals surface area contributed by atoms with Crippen molar-refractivity contribution < 1.29 is 0 Å². The molecular formula is C15H26N2S2. The molecule has 0 aliphatic heterocycles. The van der Waals surface area contributed by atoms with Crippen molar-refractivity contribution in [3.8, 4) is 0 Å². The molecular weight excluding hydrogens is 272 g/mol. The molecule has 0 aromatic carbocycles. The Morgan fingerprint density at radius 3 is 2.63 bits per heavy atom. The van der Waals surface area contributed by atoms with Crippen molar-refractivity contribution >= 4 is 23.1 Å². The fraction of sp³-hybridized carbons (Fsp3) is 0.800. The van der Waals surface area contributed by atoms with Gasteiger partial charge in [0.15, 0.2) is 0 Å². The summed E-state index contributed by atoms with van der Waals surface area (Å²) in [5.74, 6) is 0.829. The number of nitrogens with zero attached hydrogens (tertiary/aromatic N) is 1. The van der Waals surface area contributed by atoms with Crippen LogP contribution in [0.5, 0.6) is 0 Å². The highest BCUT2D eigenvalue weighted by atomic mass is 32.2. The summed E-state index contributed by atoms with van der Waals surface area (Å²) in [6, 6.07) is 0.632. The molecule has 1 aliphatic rings. The van der Waals surface area contributed by atoms with Crippen molar-refractivity contribution in [2.45, 2.75) is 62.6 Å². The van der Waals surface area contributed by atoms with Gasteiger partial charge in [0.05, 0.1) is 0 Å². The summed E-state index contributed by atoms with van der Waals surface area (Å²) in [4.78, 5) is 4.61. The van der Waals surface area contributed by atoms with Gasteiger partial charge < -0.3 is 5.32 Å². The van der Waals surface area contributed by atoms with Crippen molar-refractivity contribution in [3.63, 3.8) is 0 Å². The highest BCUT2D eigenvalue weighted by molar-refractivity contribution is 8.01. The van der Waals surface area contributed by atoms with E-state index in [0.717, 1.165) is 11.6 Å². The maximum absolute atomic E-state index is 4.61. The van der Waals surface area contributed by atoms with Gasteiger partial charge in [-0.15, -0.1) is 11.3 Å². The zero-order valence-corrected chi connectivity index (χ0v) is 14.3. The van der Waals surface area contributed by atoms with E-state index in [2.05, 4.69) is 50.4 Å². The van der Waals surface area contributed by atoms with E-state index >= 15 is 0 Å². The Morgan fingerprint density at radius 2 is 2.11 bits per heavy atom. The van der Waals surface area contributed by atoms with Gasteiger partial charge in [0.25, 0.3) is 0 Å². The van der Waals surface area contributed by atoms with Crippen molar-refractivity contribution in [1.29, 1.82) is 0 Å². The van der Waals surface area contributed by atoms with E-state index in [9.17, 15) is 0 Å². The summed E-state index contributed by atoms with van der Waals surface area (Å²) in [5, 5.41) is 6.32. The number of rotatable bonds is 3. The number of thiazole rings is 1. The van der Waals surface area contributed by atoms with Gasteiger partial charge in [-0.2, -0.15) is 0 Å². The summed E-state index contributed by atoms with van der Waals surface area (Å²) >= 11 is 3.77. The molecule has 1 aromatic heterocycles. The van der Waals surface area contributed by atoms with Crippen LogP contribution in [-0.2, 0) is 0 Å². The first kappa shape index (κ1) is 15.3. The van der Waals surface area contributed by atoms with Crippen LogP contribution in [0.25, 0.3) is 0 Å². The van der Waals surface area contributed by atoms with Crippen molar-refractivity contribution in [2.75, 3.05) is 7.05 Å². The second-order valence-corrected chi connectivity index (χ2v) is 9.03. The quantitative estimate of drug-likeness (QED) is 0.898. The van der Waals surface area contributed by atoms with E-state index in [-0.39, 0.29) is 0 Å². The van der Waals surface area contributed by atoms with E-state index in [1.165, 1.54) is 23.6 Å². The molecule has 0 amide bonds. The molecule has 3 unspecified atom stereocenters. The molecule has 3 atom stereocenters. The predicted octanol–water partition coefficient (Wildman–Crippen LogP) is 4.35. The van der Waals surface area contributed by atoms with Crippen LogP contribution in [0, 0.1) is 18.3 Å². The SMILES string of the molecule is CNC1CCC(C(C)(C)C)CC1Sc1nc(C)cs1. The Morgan fingerprint density at radius 1 is 1.37 bits per heavy atom. The fourth-order valence-electron chi connectivity index (χ4n) is 2.89.